The fourth-order valence-corrected chi connectivity index (χ4v) is 10.3. The molecule has 17 heteroatoms. The van der Waals surface area contributed by atoms with Gasteiger partial charge >= 0.3 is 12.2 Å². The van der Waals surface area contributed by atoms with Gasteiger partial charge in [0.15, 0.2) is 0 Å². The lowest BCUT2D eigenvalue weighted by atomic mass is 9.87. The number of carbonyl (C=O) groups is 6. The van der Waals surface area contributed by atoms with Crippen molar-refractivity contribution < 1.29 is 46.7 Å². The molecule has 0 aromatic heterocycles. The molecular weight excluding hydrogens is 769 g/mol. The van der Waals surface area contributed by atoms with Gasteiger partial charge in [-0.05, 0) is 85.5 Å². The second-order valence-corrected chi connectivity index (χ2v) is 19.6. The fraction of sp³-hybridized carbons (Fsp3) is 0.659. The maximum atomic E-state index is 14.8. The van der Waals surface area contributed by atoms with Crippen molar-refractivity contribution in [1.29, 1.82) is 0 Å². The molecule has 3 N–H and O–H groups in total. The highest BCUT2D eigenvalue weighted by Crippen LogP contribution is 2.48. The average Bonchev–Trinajstić information content (AvgIpc) is 4.07. The van der Waals surface area contributed by atoms with Gasteiger partial charge < -0.3 is 29.9 Å². The first-order valence-electron chi connectivity index (χ1n) is 20.7. The highest BCUT2D eigenvalue weighted by Gasteiger charge is 2.62. The van der Waals surface area contributed by atoms with E-state index in [9.17, 15) is 37.2 Å². The number of benzene rings is 1. The number of amides is 6. The summed E-state index contributed by atoms with van der Waals surface area (Å²) in [5.74, 6) is -3.08. The molecule has 0 radical (unpaired) electrons. The van der Waals surface area contributed by atoms with Crippen molar-refractivity contribution in [2.45, 2.75) is 133 Å². The SMILES string of the molecule is C=CC(=O)N1CCCCCC2C[C@@]2(C(=O)NS(=O)(=O)C2CC2)NC(=O)[C@@H]2C[C@@H]3CN2C(=O)[C@H](C1)NC(=O)OCC(C)(C)CCCCc1cccc2c1CN(C2)C(=O)O3. The number of ether oxygens (including phenoxy) is 2. The highest BCUT2D eigenvalue weighted by atomic mass is 32.2. The minimum Gasteiger partial charge on any atom is -0.449 e. The zero-order valence-electron chi connectivity index (χ0n) is 33.5. The topological polar surface area (TPSA) is 201 Å². The van der Waals surface area contributed by atoms with Crippen molar-refractivity contribution in [2.75, 3.05) is 26.2 Å². The monoisotopic (exact) mass is 824 g/mol. The maximum Gasteiger partial charge on any atom is 0.410 e. The molecule has 6 amide bonds. The standard InChI is InChI=1S/C41H56N6O10S/c1-4-34(48)45-18-9-5-6-14-28-20-41(28,37(51)44-58(54,55)30-15-16-30)43-35(49)33-19-29-22-47(33)36(50)32(24-45)42-38(52)56-25-40(2,3)17-8-7-11-26-12-10-13-27-21-46(23-31(26)27)39(53)57-29/h4,10,12-13,28-30,32-33H,1,5-9,11,14-25H2,2-3H3,(H,42,52)(H,43,49)(H,44,51)/t28?,29-,32+,33+,41-/m1/s1. The van der Waals surface area contributed by atoms with E-state index < -0.39 is 74.8 Å². The van der Waals surface area contributed by atoms with Crippen molar-refractivity contribution in [3.63, 3.8) is 0 Å². The molecule has 5 bridgehead atoms. The minimum absolute atomic E-state index is 0.0687. The van der Waals surface area contributed by atoms with Gasteiger partial charge in [0.25, 0.3) is 5.91 Å². The summed E-state index contributed by atoms with van der Waals surface area (Å²) in [5, 5.41) is 4.87. The van der Waals surface area contributed by atoms with Crippen LogP contribution in [0, 0.1) is 11.3 Å². The molecule has 16 nitrogen and oxygen atoms in total. The van der Waals surface area contributed by atoms with Gasteiger partial charge in [0, 0.05) is 26.1 Å². The van der Waals surface area contributed by atoms with Gasteiger partial charge in [-0.1, -0.05) is 57.9 Å². The number of nitrogens with zero attached hydrogens (tertiary/aromatic N) is 3. The van der Waals surface area contributed by atoms with Crippen LogP contribution in [-0.2, 0) is 58.2 Å². The molecule has 316 valence electrons. The van der Waals surface area contributed by atoms with Crippen LogP contribution in [0.15, 0.2) is 30.9 Å². The van der Waals surface area contributed by atoms with E-state index in [0.717, 1.165) is 48.4 Å². The van der Waals surface area contributed by atoms with Gasteiger partial charge in [-0.15, -0.1) is 0 Å². The van der Waals surface area contributed by atoms with E-state index in [2.05, 4.69) is 28.0 Å². The Balaban J connectivity index is 1.22. The number of rotatable bonds is 4. The van der Waals surface area contributed by atoms with E-state index in [0.29, 0.717) is 51.6 Å². The summed E-state index contributed by atoms with van der Waals surface area (Å²) in [6.45, 7) is 8.17. The molecule has 1 aromatic carbocycles. The number of alkyl carbamates (subject to hydrolysis) is 1. The zero-order valence-corrected chi connectivity index (χ0v) is 34.3. The molecule has 58 heavy (non-hydrogen) atoms. The Morgan fingerprint density at radius 3 is 2.52 bits per heavy atom. The summed E-state index contributed by atoms with van der Waals surface area (Å²) in [4.78, 5) is 87.8. The summed E-state index contributed by atoms with van der Waals surface area (Å²) in [7, 11) is -3.93. The highest BCUT2D eigenvalue weighted by molar-refractivity contribution is 7.91. The number of sulfonamides is 1. The molecule has 1 unspecified atom stereocenters. The van der Waals surface area contributed by atoms with E-state index in [1.807, 2.05) is 26.0 Å². The van der Waals surface area contributed by atoms with Crippen LogP contribution in [0.25, 0.3) is 0 Å². The minimum atomic E-state index is -3.93. The van der Waals surface area contributed by atoms with E-state index in [4.69, 9.17) is 9.47 Å². The second kappa shape index (κ2) is 16.5. The van der Waals surface area contributed by atoms with Crippen molar-refractivity contribution in [2.24, 2.45) is 11.3 Å². The molecule has 1 aromatic rings. The lowest BCUT2D eigenvalue weighted by molar-refractivity contribution is -0.142. The molecule has 6 aliphatic rings. The zero-order chi connectivity index (χ0) is 41.4. The summed E-state index contributed by atoms with van der Waals surface area (Å²) >= 11 is 0. The Labute approximate surface area is 339 Å². The van der Waals surface area contributed by atoms with Crippen LogP contribution < -0.4 is 15.4 Å². The molecule has 4 aliphatic heterocycles. The Morgan fingerprint density at radius 2 is 1.76 bits per heavy atom. The van der Waals surface area contributed by atoms with Crippen LogP contribution >= 0.6 is 0 Å². The van der Waals surface area contributed by atoms with E-state index in [1.165, 1.54) is 9.80 Å². The van der Waals surface area contributed by atoms with Crippen LogP contribution in [-0.4, -0.2) is 114 Å². The number of cyclic esters (lactones) is 1. The lowest BCUT2D eigenvalue weighted by Crippen LogP contribution is -2.60. The number of hydrogen-bond donors (Lipinski definition) is 3. The van der Waals surface area contributed by atoms with Crippen LogP contribution in [0.5, 0.6) is 0 Å². The predicted molar refractivity (Wildman–Crippen MR) is 210 cm³/mol. The quantitative estimate of drug-likeness (QED) is 0.379. The molecule has 2 saturated carbocycles. The second-order valence-electron chi connectivity index (χ2n) is 17.7. The van der Waals surface area contributed by atoms with E-state index in [-0.39, 0.29) is 50.4 Å². The van der Waals surface area contributed by atoms with Crippen LogP contribution in [0.1, 0.15) is 101 Å². The molecule has 0 spiro atoms. The van der Waals surface area contributed by atoms with Gasteiger partial charge in [0.05, 0.1) is 24.9 Å². The smallest absolute Gasteiger partial charge is 0.410 e. The molecule has 2 saturated heterocycles. The molecule has 4 heterocycles. The van der Waals surface area contributed by atoms with E-state index in [1.54, 1.807) is 4.90 Å². The first-order valence-corrected chi connectivity index (χ1v) is 22.2. The predicted octanol–water partition coefficient (Wildman–Crippen LogP) is 3.03. The Bertz CT molecular complexity index is 1950. The van der Waals surface area contributed by atoms with Crippen molar-refractivity contribution in [1.82, 2.24) is 30.1 Å². The normalized spacial score (nSPS) is 29.7. The van der Waals surface area contributed by atoms with Gasteiger partial charge in [-0.25, -0.2) is 18.0 Å². The van der Waals surface area contributed by atoms with E-state index >= 15 is 0 Å². The fourth-order valence-electron chi connectivity index (χ4n) is 8.93. The first-order chi connectivity index (χ1) is 27.6. The van der Waals surface area contributed by atoms with Crippen molar-refractivity contribution in [3.05, 3.63) is 47.5 Å². The number of carbonyl (C=O) groups excluding carboxylic acids is 6. The van der Waals surface area contributed by atoms with Gasteiger partial charge in [0.2, 0.25) is 27.7 Å². The number of fused-ring (bicyclic) bond motifs is 4. The molecule has 7 rings (SSSR count). The van der Waals surface area contributed by atoms with Crippen LogP contribution in [0.2, 0.25) is 0 Å². The average molecular weight is 825 g/mol. The summed E-state index contributed by atoms with van der Waals surface area (Å²) in [6.07, 6.45) is 5.31. The third-order valence-corrected chi connectivity index (χ3v) is 14.4. The summed E-state index contributed by atoms with van der Waals surface area (Å²) in [5.41, 5.74) is 1.35. The Hall–Kier alpha value is -4.67. The van der Waals surface area contributed by atoms with Crippen LogP contribution in [0.3, 0.4) is 0 Å². The molecular formula is C41H56N6O10S. The number of nitrogens with one attached hydrogen (secondary N) is 3. The van der Waals surface area contributed by atoms with Gasteiger partial charge in [0.1, 0.15) is 23.7 Å². The third-order valence-electron chi connectivity index (χ3n) is 12.6. The summed E-state index contributed by atoms with van der Waals surface area (Å²) < 4.78 is 39.7. The Kier molecular flexibility index (Phi) is 11.8. The third kappa shape index (κ3) is 9.13. The maximum absolute atomic E-state index is 14.8. The summed E-state index contributed by atoms with van der Waals surface area (Å²) in [6, 6.07) is 3.40. The van der Waals surface area contributed by atoms with Crippen molar-refractivity contribution >= 4 is 45.8 Å². The van der Waals surface area contributed by atoms with Crippen LogP contribution in [0.4, 0.5) is 9.59 Å². The van der Waals surface area contributed by atoms with Gasteiger partial charge in [-0.3, -0.25) is 28.8 Å². The molecule has 5 atom stereocenters. The largest absolute Gasteiger partial charge is 0.449 e. The number of hydrogen-bond acceptors (Lipinski definition) is 10. The lowest BCUT2D eigenvalue weighted by Gasteiger charge is -2.32. The molecule has 4 fully saturated rings. The van der Waals surface area contributed by atoms with Gasteiger partial charge in [-0.2, -0.15) is 0 Å². The number of aryl methyl sites for hydroxylation is 1. The Morgan fingerprint density at radius 1 is 0.983 bits per heavy atom. The first kappa shape index (κ1) is 41.5. The molecule has 2 aliphatic carbocycles. The van der Waals surface area contributed by atoms with Crippen molar-refractivity contribution in [3.8, 4) is 0 Å².